The van der Waals surface area contributed by atoms with E-state index in [0.29, 0.717) is 5.56 Å². The van der Waals surface area contributed by atoms with Crippen molar-refractivity contribution in [1.82, 2.24) is 20.9 Å². The zero-order chi connectivity index (χ0) is 27.0. The Bertz CT molecular complexity index is 1270. The number of nitrogens with one attached hydrogen (secondary N) is 3. The molecule has 3 aliphatic rings. The lowest BCUT2D eigenvalue weighted by molar-refractivity contribution is -0.158. The van der Waals surface area contributed by atoms with E-state index in [2.05, 4.69) is 20.9 Å². The molecule has 4 amide bonds. The van der Waals surface area contributed by atoms with E-state index in [9.17, 15) is 32.3 Å². The van der Waals surface area contributed by atoms with Crippen LogP contribution < -0.4 is 20.9 Å². The molecule has 0 bridgehead atoms. The Labute approximate surface area is 216 Å². The smallest absolute Gasteiger partial charge is 0.369 e. The number of fused-ring (bicyclic) bond motifs is 1. The van der Waals surface area contributed by atoms with Crippen LogP contribution in [0.25, 0.3) is 0 Å². The Balaban J connectivity index is 1.30. The SMILES string of the molecule is O=C1CCC(N2C(=O)c3ccc(CNC(c4ccc(N5CCNCC5)cc4)C(F)(F)F)cc3C2=O)C(=O)N1. The molecule has 2 saturated heterocycles. The van der Waals surface area contributed by atoms with Crippen molar-refractivity contribution in [2.24, 2.45) is 0 Å². The number of hydrogen-bond donors (Lipinski definition) is 3. The van der Waals surface area contributed by atoms with Crippen molar-refractivity contribution in [3.8, 4) is 0 Å². The highest BCUT2D eigenvalue weighted by molar-refractivity contribution is 6.23. The summed E-state index contributed by atoms with van der Waals surface area (Å²) in [6.07, 6.45) is -4.55. The van der Waals surface area contributed by atoms with Crippen LogP contribution in [0.1, 0.15) is 50.7 Å². The molecule has 2 unspecified atom stereocenters. The fourth-order valence-corrected chi connectivity index (χ4v) is 5.07. The molecule has 5 rings (SSSR count). The largest absolute Gasteiger partial charge is 0.407 e. The van der Waals surface area contributed by atoms with Crippen LogP contribution in [-0.4, -0.2) is 66.9 Å². The molecule has 0 radical (unpaired) electrons. The van der Waals surface area contributed by atoms with Crippen LogP contribution in [0, 0.1) is 0 Å². The number of hydrogen-bond acceptors (Lipinski definition) is 7. The summed E-state index contributed by atoms with van der Waals surface area (Å²) in [5.41, 5.74) is 1.38. The topological polar surface area (TPSA) is 111 Å². The van der Waals surface area contributed by atoms with Gasteiger partial charge in [-0.15, -0.1) is 0 Å². The number of carbonyl (C=O) groups is 4. The number of rotatable bonds is 6. The number of alkyl halides is 3. The van der Waals surface area contributed by atoms with Crippen molar-refractivity contribution in [1.29, 1.82) is 0 Å². The second-order valence-electron chi connectivity index (χ2n) is 9.51. The highest BCUT2D eigenvalue weighted by atomic mass is 19.4. The Kier molecular flexibility index (Phi) is 6.93. The van der Waals surface area contributed by atoms with Gasteiger partial charge in [0.1, 0.15) is 12.1 Å². The third-order valence-corrected chi connectivity index (χ3v) is 7.05. The van der Waals surface area contributed by atoms with Crippen molar-refractivity contribution in [2.75, 3.05) is 31.1 Å². The fraction of sp³-hybridized carbons (Fsp3) is 0.385. The minimum absolute atomic E-state index is 0.00592. The second-order valence-corrected chi connectivity index (χ2v) is 9.51. The molecule has 3 N–H and O–H groups in total. The predicted molar refractivity (Wildman–Crippen MR) is 130 cm³/mol. The Hall–Kier alpha value is -3.77. The molecule has 38 heavy (non-hydrogen) atoms. The second kappa shape index (κ2) is 10.2. The summed E-state index contributed by atoms with van der Waals surface area (Å²) in [4.78, 5) is 52.4. The minimum atomic E-state index is -4.57. The van der Waals surface area contributed by atoms with Gasteiger partial charge in [0.05, 0.1) is 11.1 Å². The Morgan fingerprint density at radius 1 is 0.947 bits per heavy atom. The Morgan fingerprint density at radius 2 is 1.63 bits per heavy atom. The number of piperidine rings is 1. The van der Waals surface area contributed by atoms with Crippen molar-refractivity contribution in [3.05, 3.63) is 64.7 Å². The van der Waals surface area contributed by atoms with Gasteiger partial charge in [0.25, 0.3) is 11.8 Å². The zero-order valence-electron chi connectivity index (χ0n) is 20.3. The van der Waals surface area contributed by atoms with Crippen LogP contribution in [0.4, 0.5) is 18.9 Å². The molecule has 3 aliphatic heterocycles. The maximum atomic E-state index is 14.0. The van der Waals surface area contributed by atoms with Gasteiger partial charge in [0.15, 0.2) is 0 Å². The van der Waals surface area contributed by atoms with Gasteiger partial charge in [0, 0.05) is 44.8 Å². The van der Waals surface area contributed by atoms with Crippen molar-refractivity contribution < 1.29 is 32.3 Å². The van der Waals surface area contributed by atoms with E-state index < -0.39 is 41.9 Å². The number of carbonyl (C=O) groups excluding carboxylic acids is 4. The lowest BCUT2D eigenvalue weighted by Crippen LogP contribution is -2.54. The third kappa shape index (κ3) is 5.01. The number of amides is 4. The van der Waals surface area contributed by atoms with Crippen LogP contribution in [0.5, 0.6) is 0 Å². The molecule has 0 saturated carbocycles. The van der Waals surface area contributed by atoms with Gasteiger partial charge in [-0.05, 0) is 41.8 Å². The van der Waals surface area contributed by atoms with Gasteiger partial charge in [-0.3, -0.25) is 34.7 Å². The average molecular weight is 530 g/mol. The molecule has 2 atom stereocenters. The van der Waals surface area contributed by atoms with Crippen LogP contribution in [-0.2, 0) is 16.1 Å². The maximum Gasteiger partial charge on any atom is 0.407 e. The van der Waals surface area contributed by atoms with E-state index in [4.69, 9.17) is 0 Å². The number of nitrogens with zero attached hydrogens (tertiary/aromatic N) is 2. The lowest BCUT2D eigenvalue weighted by Gasteiger charge is -2.30. The first-order valence-electron chi connectivity index (χ1n) is 12.3. The minimum Gasteiger partial charge on any atom is -0.369 e. The maximum absolute atomic E-state index is 14.0. The van der Waals surface area contributed by atoms with E-state index in [1.54, 1.807) is 12.1 Å². The summed E-state index contributed by atoms with van der Waals surface area (Å²) >= 11 is 0. The first-order chi connectivity index (χ1) is 18.1. The molecule has 0 spiro atoms. The normalized spacial score (nSPS) is 21.0. The first kappa shape index (κ1) is 25.9. The van der Waals surface area contributed by atoms with Crippen molar-refractivity contribution >= 4 is 29.3 Å². The van der Waals surface area contributed by atoms with E-state index in [1.165, 1.54) is 30.3 Å². The monoisotopic (exact) mass is 529 g/mol. The summed E-state index contributed by atoms with van der Waals surface area (Å²) in [7, 11) is 0. The van der Waals surface area contributed by atoms with Gasteiger partial charge in [-0.2, -0.15) is 13.2 Å². The van der Waals surface area contributed by atoms with E-state index in [1.807, 2.05) is 0 Å². The molecule has 2 aromatic rings. The molecular weight excluding hydrogens is 503 g/mol. The molecule has 2 fully saturated rings. The van der Waals surface area contributed by atoms with Gasteiger partial charge in [0.2, 0.25) is 11.8 Å². The van der Waals surface area contributed by atoms with Crippen molar-refractivity contribution in [3.63, 3.8) is 0 Å². The standard InChI is InChI=1S/C26H26F3N5O4/c27-26(28,29)22(16-2-4-17(5-3-16)33-11-9-30-10-12-33)31-14-15-1-6-18-19(13-15)25(38)34(24(18)37)20-7-8-21(35)32-23(20)36/h1-6,13,20,22,30-31H,7-12,14H2,(H,32,35,36). The fourth-order valence-electron chi connectivity index (χ4n) is 5.07. The van der Waals surface area contributed by atoms with Gasteiger partial charge in [-0.25, -0.2) is 0 Å². The van der Waals surface area contributed by atoms with Gasteiger partial charge < -0.3 is 10.2 Å². The molecule has 0 aliphatic carbocycles. The first-order valence-corrected chi connectivity index (χ1v) is 12.3. The van der Waals surface area contributed by atoms with Crippen LogP contribution in [0.15, 0.2) is 42.5 Å². The average Bonchev–Trinajstić information content (AvgIpc) is 3.13. The number of benzene rings is 2. The summed E-state index contributed by atoms with van der Waals surface area (Å²) in [6, 6.07) is 7.47. The summed E-state index contributed by atoms with van der Waals surface area (Å²) in [5, 5.41) is 7.90. The summed E-state index contributed by atoms with van der Waals surface area (Å²) < 4.78 is 41.9. The van der Waals surface area contributed by atoms with Gasteiger partial charge in [-0.1, -0.05) is 18.2 Å². The molecule has 0 aromatic heterocycles. The molecule has 3 heterocycles. The number of anilines is 1. The molecular formula is C26H26F3N5O4. The van der Waals surface area contributed by atoms with Crippen molar-refractivity contribution in [2.45, 2.75) is 37.6 Å². The van der Waals surface area contributed by atoms with Gasteiger partial charge >= 0.3 is 6.18 Å². The summed E-state index contributed by atoms with van der Waals surface area (Å²) in [5.74, 6) is -2.59. The van der Waals surface area contributed by atoms with E-state index in [-0.39, 0.29) is 36.1 Å². The van der Waals surface area contributed by atoms with E-state index >= 15 is 0 Å². The van der Waals surface area contributed by atoms with Crippen LogP contribution in [0.3, 0.4) is 0 Å². The number of imide groups is 2. The molecule has 9 nitrogen and oxygen atoms in total. The summed E-state index contributed by atoms with van der Waals surface area (Å²) in [6.45, 7) is 2.97. The molecule has 2 aromatic carbocycles. The van der Waals surface area contributed by atoms with Crippen LogP contribution >= 0.6 is 0 Å². The highest BCUT2D eigenvalue weighted by Gasteiger charge is 2.45. The van der Waals surface area contributed by atoms with Crippen LogP contribution in [0.2, 0.25) is 0 Å². The Morgan fingerprint density at radius 3 is 2.29 bits per heavy atom. The third-order valence-electron chi connectivity index (χ3n) is 7.05. The lowest BCUT2D eigenvalue weighted by atomic mass is 10.0. The number of piperazine rings is 1. The van der Waals surface area contributed by atoms with E-state index in [0.717, 1.165) is 36.8 Å². The molecule has 12 heteroatoms. The quantitative estimate of drug-likeness (QED) is 0.491. The zero-order valence-corrected chi connectivity index (χ0v) is 20.3. The number of halogens is 3. The molecule has 200 valence electrons. The highest BCUT2D eigenvalue weighted by Crippen LogP contribution is 2.34. The predicted octanol–water partition coefficient (Wildman–Crippen LogP) is 1.89.